The molecule has 0 aliphatic rings. The number of benzene rings is 1. The van der Waals surface area contributed by atoms with Gasteiger partial charge in [-0.25, -0.2) is 4.79 Å². The van der Waals surface area contributed by atoms with Crippen molar-refractivity contribution in [2.45, 2.75) is 26.3 Å². The molecule has 2 atom stereocenters. The third kappa shape index (κ3) is 5.30. The molecule has 28 heavy (non-hydrogen) atoms. The molecule has 0 bridgehead atoms. The van der Waals surface area contributed by atoms with Crippen molar-refractivity contribution >= 4 is 17.7 Å². The topological polar surface area (TPSA) is 91.3 Å². The Labute approximate surface area is 165 Å². The Bertz CT molecular complexity index is 892. The lowest BCUT2D eigenvalue weighted by Crippen LogP contribution is -2.26. The predicted molar refractivity (Wildman–Crippen MR) is 111 cm³/mol. The number of carbonyl (C=O) groups excluding carboxylic acids is 1. The lowest BCUT2D eigenvalue weighted by molar-refractivity contribution is -0.118. The van der Waals surface area contributed by atoms with Gasteiger partial charge >= 0.3 is 6.09 Å². The molecule has 0 fully saturated rings. The van der Waals surface area contributed by atoms with Crippen LogP contribution in [0.4, 0.5) is 10.5 Å². The minimum absolute atomic E-state index is 0.171. The largest absolute Gasteiger partial charge is 0.465 e. The van der Waals surface area contributed by atoms with Crippen molar-refractivity contribution in [2.24, 2.45) is 5.92 Å². The molecular formula is C22H25N3O3. The van der Waals surface area contributed by atoms with Gasteiger partial charge in [0.15, 0.2) is 0 Å². The molecular weight excluding hydrogens is 354 g/mol. The lowest BCUT2D eigenvalue weighted by atomic mass is 9.99. The third-order valence-electron chi connectivity index (χ3n) is 4.32. The second-order valence-electron chi connectivity index (χ2n) is 6.51. The van der Waals surface area contributed by atoms with Gasteiger partial charge in [0.05, 0.1) is 23.3 Å². The minimum Gasteiger partial charge on any atom is -0.465 e. The minimum atomic E-state index is -1.10. The number of hydrogen-bond donors (Lipinski definition) is 3. The highest BCUT2D eigenvalue weighted by Crippen LogP contribution is 2.29. The van der Waals surface area contributed by atoms with Crippen LogP contribution >= 0.6 is 0 Å². The first-order chi connectivity index (χ1) is 13.3. The van der Waals surface area contributed by atoms with E-state index in [-0.39, 0.29) is 11.8 Å². The smallest absolute Gasteiger partial charge is 0.405 e. The van der Waals surface area contributed by atoms with E-state index in [9.17, 15) is 9.59 Å². The number of hydrogen-bond acceptors (Lipinski definition) is 3. The summed E-state index contributed by atoms with van der Waals surface area (Å²) in [6.07, 6.45) is 2.60. The molecule has 1 aromatic carbocycles. The predicted octanol–water partition coefficient (Wildman–Crippen LogP) is 4.70. The Balaban J connectivity index is 2.45. The van der Waals surface area contributed by atoms with Crippen molar-refractivity contribution in [3.63, 3.8) is 0 Å². The fourth-order valence-corrected chi connectivity index (χ4v) is 2.73. The molecule has 2 amide bonds. The first-order valence-electron chi connectivity index (χ1n) is 8.97. The fourth-order valence-electron chi connectivity index (χ4n) is 2.73. The van der Waals surface area contributed by atoms with Crippen LogP contribution in [-0.4, -0.2) is 22.1 Å². The van der Waals surface area contributed by atoms with Gasteiger partial charge in [-0.1, -0.05) is 37.3 Å². The monoisotopic (exact) mass is 379 g/mol. The van der Waals surface area contributed by atoms with Crippen molar-refractivity contribution in [1.29, 1.82) is 0 Å². The Hall–Kier alpha value is -3.41. The van der Waals surface area contributed by atoms with E-state index >= 15 is 0 Å². The molecule has 0 aliphatic heterocycles. The normalized spacial score (nSPS) is 12.5. The lowest BCUT2D eigenvalue weighted by Gasteiger charge is -2.18. The number of aryl methyl sites for hydroxylation is 1. The molecule has 0 spiro atoms. The fraction of sp³-hybridized carbons (Fsp3) is 0.227. The molecule has 2 aromatic rings. The number of rotatable bonds is 8. The summed E-state index contributed by atoms with van der Waals surface area (Å²) in [6.45, 7) is 11.0. The van der Waals surface area contributed by atoms with Crippen molar-refractivity contribution in [2.75, 3.05) is 5.32 Å². The Kier molecular flexibility index (Phi) is 7.09. The summed E-state index contributed by atoms with van der Waals surface area (Å²) in [5.74, 6) is -0.507. The van der Waals surface area contributed by atoms with Crippen LogP contribution in [0.15, 0.2) is 61.7 Å². The number of amides is 2. The number of carboxylic acid groups (broad SMARTS) is 1. The number of nitrogens with zero attached hydrogens (tertiary/aromatic N) is 1. The molecule has 1 aromatic heterocycles. The summed E-state index contributed by atoms with van der Waals surface area (Å²) in [5.41, 5.74) is 3.59. The first-order valence-corrected chi connectivity index (χ1v) is 8.97. The molecule has 0 saturated heterocycles. The average molecular weight is 379 g/mol. The molecule has 146 valence electrons. The number of carbonyl (C=O) groups is 2. The quantitative estimate of drug-likeness (QED) is 0.580. The zero-order valence-electron chi connectivity index (χ0n) is 16.1. The highest BCUT2D eigenvalue weighted by Gasteiger charge is 2.17. The maximum atomic E-state index is 12.3. The van der Waals surface area contributed by atoms with Crippen molar-refractivity contribution < 1.29 is 14.7 Å². The van der Waals surface area contributed by atoms with Crippen molar-refractivity contribution in [3.8, 4) is 11.3 Å². The number of nitrogens with one attached hydrogen (secondary N) is 2. The second kappa shape index (κ2) is 9.50. The van der Waals surface area contributed by atoms with E-state index in [1.54, 1.807) is 19.1 Å². The molecule has 0 radical (unpaired) electrons. The standard InChI is InChI=1S/C22H25N3O3/c1-5-8-18(25-22(27)28)16-9-7-10-17(13-16)20-19(12-11-15(4)23-20)24-21(26)14(3)6-2/h5-7,9-14,18,25H,1-2,8H2,3-4H3,(H,24,26)(H,27,28)/t14-,18+/m1/s1. The van der Waals surface area contributed by atoms with Gasteiger partial charge in [0, 0.05) is 11.3 Å². The van der Waals surface area contributed by atoms with Gasteiger partial charge in [0.2, 0.25) is 5.91 Å². The van der Waals surface area contributed by atoms with Gasteiger partial charge in [0.25, 0.3) is 0 Å². The van der Waals surface area contributed by atoms with Crippen LogP contribution < -0.4 is 10.6 Å². The summed E-state index contributed by atoms with van der Waals surface area (Å²) >= 11 is 0. The maximum absolute atomic E-state index is 12.3. The first kappa shape index (κ1) is 20.9. The summed E-state index contributed by atoms with van der Waals surface area (Å²) in [4.78, 5) is 28.0. The number of anilines is 1. The molecule has 6 nitrogen and oxygen atoms in total. The molecule has 0 unspecified atom stereocenters. The van der Waals surface area contributed by atoms with Crippen LogP contribution in [-0.2, 0) is 4.79 Å². The Morgan fingerprint density at radius 2 is 2.00 bits per heavy atom. The van der Waals surface area contributed by atoms with Gasteiger partial charge in [-0.05, 0) is 37.1 Å². The molecule has 0 saturated carbocycles. The third-order valence-corrected chi connectivity index (χ3v) is 4.32. The summed E-state index contributed by atoms with van der Waals surface area (Å²) in [7, 11) is 0. The highest BCUT2D eigenvalue weighted by atomic mass is 16.4. The molecule has 3 N–H and O–H groups in total. The highest BCUT2D eigenvalue weighted by molar-refractivity contribution is 5.96. The molecule has 6 heteroatoms. The Morgan fingerprint density at radius 1 is 1.25 bits per heavy atom. The van der Waals surface area contributed by atoms with E-state index in [1.165, 1.54) is 0 Å². The van der Waals surface area contributed by atoms with E-state index in [0.717, 1.165) is 16.8 Å². The SMILES string of the molecule is C=CC[C@H](NC(=O)O)c1cccc(-c2nc(C)ccc2NC(=O)[C@H](C)C=C)c1. The number of pyridine rings is 1. The van der Waals surface area contributed by atoms with Crippen LogP contribution in [0, 0.1) is 12.8 Å². The van der Waals surface area contributed by atoms with Crippen LogP contribution in [0.3, 0.4) is 0 Å². The summed E-state index contributed by atoms with van der Waals surface area (Å²) in [5, 5.41) is 14.5. The van der Waals surface area contributed by atoms with Crippen molar-refractivity contribution in [3.05, 3.63) is 73.0 Å². The van der Waals surface area contributed by atoms with Crippen molar-refractivity contribution in [1.82, 2.24) is 10.3 Å². The van der Waals surface area contributed by atoms with E-state index in [1.807, 2.05) is 43.3 Å². The van der Waals surface area contributed by atoms with Gasteiger partial charge in [-0.15, -0.1) is 13.2 Å². The van der Waals surface area contributed by atoms with Crippen LogP contribution in [0.2, 0.25) is 0 Å². The van der Waals surface area contributed by atoms with E-state index in [2.05, 4.69) is 28.8 Å². The molecule has 2 rings (SSSR count). The van der Waals surface area contributed by atoms with E-state index < -0.39 is 12.1 Å². The van der Waals surface area contributed by atoms with Gasteiger partial charge in [-0.3, -0.25) is 9.78 Å². The molecule has 0 aliphatic carbocycles. The van der Waals surface area contributed by atoms with Gasteiger partial charge < -0.3 is 15.7 Å². The summed E-state index contributed by atoms with van der Waals surface area (Å²) < 4.78 is 0. The molecule has 1 heterocycles. The average Bonchev–Trinajstić information content (AvgIpc) is 2.68. The van der Waals surface area contributed by atoms with Gasteiger partial charge in [-0.2, -0.15) is 0 Å². The maximum Gasteiger partial charge on any atom is 0.405 e. The van der Waals surface area contributed by atoms with Crippen LogP contribution in [0.5, 0.6) is 0 Å². The summed E-state index contributed by atoms with van der Waals surface area (Å²) in [6, 6.07) is 10.7. The van der Waals surface area contributed by atoms with E-state index in [4.69, 9.17) is 5.11 Å². The Morgan fingerprint density at radius 3 is 2.64 bits per heavy atom. The number of aromatic nitrogens is 1. The second-order valence-corrected chi connectivity index (χ2v) is 6.51. The zero-order valence-corrected chi connectivity index (χ0v) is 16.1. The van der Waals surface area contributed by atoms with Crippen LogP contribution in [0.25, 0.3) is 11.3 Å². The zero-order chi connectivity index (χ0) is 20.7. The van der Waals surface area contributed by atoms with E-state index in [0.29, 0.717) is 17.8 Å². The van der Waals surface area contributed by atoms with Gasteiger partial charge in [0.1, 0.15) is 0 Å². The van der Waals surface area contributed by atoms with Crippen LogP contribution in [0.1, 0.15) is 30.6 Å².